The second kappa shape index (κ2) is 9.41. The molecule has 0 bridgehead atoms. The molecule has 2 aromatic rings. The van der Waals surface area contributed by atoms with E-state index in [2.05, 4.69) is 27.1 Å². The monoisotopic (exact) mass is 383 g/mol. The van der Waals surface area contributed by atoms with E-state index >= 15 is 0 Å². The molecule has 3 rings (SSSR count). The lowest BCUT2D eigenvalue weighted by molar-refractivity contribution is 0.206. The van der Waals surface area contributed by atoms with Crippen LogP contribution in [-0.2, 0) is 13.1 Å². The Morgan fingerprint density at radius 1 is 1.18 bits per heavy atom. The number of hydrogen-bond donors (Lipinski definition) is 1. The van der Waals surface area contributed by atoms with Crippen LogP contribution in [0.3, 0.4) is 0 Å². The molecule has 2 heterocycles. The third-order valence-corrected chi connectivity index (χ3v) is 4.98. The Labute approximate surface area is 166 Å². The number of benzene rings is 1. The van der Waals surface area contributed by atoms with Crippen molar-refractivity contribution in [2.75, 3.05) is 52.3 Å². The molecule has 0 unspecified atom stereocenters. The smallest absolute Gasteiger partial charge is 0.317 e. The van der Waals surface area contributed by atoms with Crippen LogP contribution in [0.2, 0.25) is 0 Å². The van der Waals surface area contributed by atoms with Gasteiger partial charge in [0.2, 0.25) is 0 Å². The summed E-state index contributed by atoms with van der Waals surface area (Å²) in [6.45, 7) is 5.07. The van der Waals surface area contributed by atoms with E-state index in [9.17, 15) is 4.79 Å². The highest BCUT2D eigenvalue weighted by atomic mass is 16.5. The Morgan fingerprint density at radius 3 is 2.64 bits per heavy atom. The van der Waals surface area contributed by atoms with E-state index in [1.807, 2.05) is 42.6 Å². The SMILES string of the molecule is COc1cccc(CN(C)C(=O)NCc2ccc(N3CCN(C)CC3)nc2)c1. The van der Waals surface area contributed by atoms with Crippen molar-refractivity contribution in [1.29, 1.82) is 0 Å². The standard InChI is InChI=1S/C21H29N5O2/c1-24-9-11-26(12-10-24)20-8-7-18(14-22-20)15-23-21(27)25(2)16-17-5-4-6-19(13-17)28-3/h4-8,13-14H,9-12,15-16H2,1-3H3,(H,23,27). The zero-order chi connectivity index (χ0) is 19.9. The van der Waals surface area contributed by atoms with Crippen LogP contribution in [0.1, 0.15) is 11.1 Å². The molecule has 150 valence electrons. The van der Waals surface area contributed by atoms with Crippen molar-refractivity contribution < 1.29 is 9.53 Å². The van der Waals surface area contributed by atoms with Gasteiger partial charge in [0.05, 0.1) is 7.11 Å². The third kappa shape index (κ3) is 5.36. The fraction of sp³-hybridized carbons (Fsp3) is 0.429. The van der Waals surface area contributed by atoms with Gasteiger partial charge in [-0.25, -0.2) is 9.78 Å². The number of amides is 2. The Bertz CT molecular complexity index is 773. The van der Waals surface area contributed by atoms with Crippen LogP contribution < -0.4 is 15.0 Å². The number of carbonyl (C=O) groups is 1. The minimum Gasteiger partial charge on any atom is -0.497 e. The van der Waals surface area contributed by atoms with Crippen molar-refractivity contribution in [3.8, 4) is 5.75 Å². The Hall–Kier alpha value is -2.80. The maximum absolute atomic E-state index is 12.4. The third-order valence-electron chi connectivity index (χ3n) is 4.98. The molecule has 1 aliphatic rings. The quantitative estimate of drug-likeness (QED) is 0.829. The number of rotatable bonds is 6. The number of methoxy groups -OCH3 is 1. The van der Waals surface area contributed by atoms with Gasteiger partial charge in [0.15, 0.2) is 0 Å². The van der Waals surface area contributed by atoms with Gasteiger partial charge in [-0.2, -0.15) is 0 Å². The van der Waals surface area contributed by atoms with Crippen molar-refractivity contribution in [3.05, 3.63) is 53.7 Å². The topological polar surface area (TPSA) is 60.9 Å². The van der Waals surface area contributed by atoms with Crippen LogP contribution in [0.15, 0.2) is 42.6 Å². The van der Waals surface area contributed by atoms with Gasteiger partial charge in [-0.05, 0) is 36.4 Å². The van der Waals surface area contributed by atoms with Crippen molar-refractivity contribution in [3.63, 3.8) is 0 Å². The second-order valence-corrected chi connectivity index (χ2v) is 7.18. The summed E-state index contributed by atoms with van der Waals surface area (Å²) in [7, 11) is 5.56. The van der Waals surface area contributed by atoms with Gasteiger partial charge < -0.3 is 24.8 Å². The first-order valence-corrected chi connectivity index (χ1v) is 9.55. The fourth-order valence-electron chi connectivity index (χ4n) is 3.17. The molecule has 7 nitrogen and oxygen atoms in total. The Morgan fingerprint density at radius 2 is 1.96 bits per heavy atom. The first-order valence-electron chi connectivity index (χ1n) is 9.55. The molecule has 0 radical (unpaired) electrons. The lowest BCUT2D eigenvalue weighted by atomic mass is 10.2. The summed E-state index contributed by atoms with van der Waals surface area (Å²) in [5.41, 5.74) is 2.01. The summed E-state index contributed by atoms with van der Waals surface area (Å²) in [6.07, 6.45) is 1.84. The van der Waals surface area contributed by atoms with Crippen LogP contribution in [0.4, 0.5) is 10.6 Å². The van der Waals surface area contributed by atoms with Gasteiger partial charge in [0.25, 0.3) is 0 Å². The summed E-state index contributed by atoms with van der Waals surface area (Å²) in [4.78, 5) is 23.2. The molecule has 1 aliphatic heterocycles. The van der Waals surface area contributed by atoms with Gasteiger partial charge in [-0.1, -0.05) is 18.2 Å². The highest BCUT2D eigenvalue weighted by molar-refractivity contribution is 5.73. The Kier molecular flexibility index (Phi) is 6.71. The summed E-state index contributed by atoms with van der Waals surface area (Å²) < 4.78 is 5.23. The number of carbonyl (C=O) groups excluding carboxylic acids is 1. The molecule has 1 aromatic carbocycles. The number of nitrogens with zero attached hydrogens (tertiary/aromatic N) is 4. The number of anilines is 1. The van der Waals surface area contributed by atoms with Gasteiger partial charge in [0, 0.05) is 52.5 Å². The van der Waals surface area contributed by atoms with Crippen molar-refractivity contribution in [2.45, 2.75) is 13.1 Å². The molecule has 0 saturated carbocycles. The van der Waals surface area contributed by atoms with Crippen LogP contribution in [0, 0.1) is 0 Å². The van der Waals surface area contributed by atoms with Crippen molar-refractivity contribution >= 4 is 11.8 Å². The van der Waals surface area contributed by atoms with Crippen molar-refractivity contribution in [1.82, 2.24) is 20.1 Å². The molecule has 1 N–H and O–H groups in total. The maximum atomic E-state index is 12.4. The zero-order valence-corrected chi connectivity index (χ0v) is 16.9. The average Bonchev–Trinajstić information content (AvgIpc) is 2.73. The van der Waals surface area contributed by atoms with Crippen LogP contribution in [0.5, 0.6) is 5.75 Å². The van der Waals surface area contributed by atoms with Gasteiger partial charge in [-0.15, -0.1) is 0 Å². The number of piperazine rings is 1. The lowest BCUT2D eigenvalue weighted by Gasteiger charge is -2.33. The predicted octanol–water partition coefficient (Wildman–Crippen LogP) is 2.18. The maximum Gasteiger partial charge on any atom is 0.317 e. The van der Waals surface area contributed by atoms with Gasteiger partial charge in [0.1, 0.15) is 11.6 Å². The minimum atomic E-state index is -0.119. The molecule has 0 aliphatic carbocycles. The first-order chi connectivity index (χ1) is 13.5. The van der Waals surface area contributed by atoms with Gasteiger partial charge >= 0.3 is 6.03 Å². The normalized spacial score (nSPS) is 14.6. The molecule has 2 amide bonds. The number of pyridine rings is 1. The number of nitrogens with one attached hydrogen (secondary N) is 1. The molecule has 7 heteroatoms. The summed E-state index contributed by atoms with van der Waals surface area (Å²) >= 11 is 0. The molecule has 28 heavy (non-hydrogen) atoms. The molecule has 0 atom stereocenters. The van der Waals surface area contributed by atoms with E-state index in [0.29, 0.717) is 13.1 Å². The zero-order valence-electron chi connectivity index (χ0n) is 16.9. The summed E-state index contributed by atoms with van der Waals surface area (Å²) in [6, 6.07) is 11.7. The number of likely N-dealkylation sites (N-methyl/N-ethyl adjacent to an activating group) is 1. The van der Waals surface area contributed by atoms with E-state index in [1.165, 1.54) is 0 Å². The molecular formula is C21H29N5O2. The van der Waals surface area contributed by atoms with Crippen LogP contribution in [-0.4, -0.2) is 68.2 Å². The summed E-state index contributed by atoms with van der Waals surface area (Å²) in [5.74, 6) is 1.79. The Balaban J connectivity index is 1.48. The predicted molar refractivity (Wildman–Crippen MR) is 111 cm³/mol. The highest BCUT2D eigenvalue weighted by Gasteiger charge is 2.15. The highest BCUT2D eigenvalue weighted by Crippen LogP contribution is 2.15. The molecule has 0 spiro atoms. The van der Waals surface area contributed by atoms with Crippen LogP contribution >= 0.6 is 0 Å². The first kappa shape index (κ1) is 19.9. The van der Waals surface area contributed by atoms with Crippen molar-refractivity contribution in [2.24, 2.45) is 0 Å². The molecular weight excluding hydrogens is 354 g/mol. The lowest BCUT2D eigenvalue weighted by Crippen LogP contribution is -2.44. The number of ether oxygens (including phenoxy) is 1. The largest absolute Gasteiger partial charge is 0.497 e. The van der Waals surface area contributed by atoms with Gasteiger partial charge in [-0.3, -0.25) is 0 Å². The molecule has 1 fully saturated rings. The minimum absolute atomic E-state index is 0.119. The summed E-state index contributed by atoms with van der Waals surface area (Å²) in [5, 5.41) is 2.95. The van der Waals surface area contributed by atoms with E-state index < -0.39 is 0 Å². The molecule has 1 saturated heterocycles. The number of aromatic nitrogens is 1. The second-order valence-electron chi connectivity index (χ2n) is 7.18. The number of urea groups is 1. The number of hydrogen-bond acceptors (Lipinski definition) is 5. The fourth-order valence-corrected chi connectivity index (χ4v) is 3.17. The van der Waals surface area contributed by atoms with E-state index in [1.54, 1.807) is 19.1 Å². The molecule has 1 aromatic heterocycles. The van der Waals surface area contributed by atoms with E-state index in [4.69, 9.17) is 4.74 Å². The van der Waals surface area contributed by atoms with Crippen LogP contribution in [0.25, 0.3) is 0 Å². The van der Waals surface area contributed by atoms with E-state index in [-0.39, 0.29) is 6.03 Å². The average molecular weight is 383 g/mol. The van der Waals surface area contributed by atoms with E-state index in [0.717, 1.165) is 48.9 Å².